The predicted molar refractivity (Wildman–Crippen MR) is 67.9 cm³/mol. The zero-order valence-electron chi connectivity index (χ0n) is 9.95. The largest absolute Gasteiger partial charge is 0.358 e. The van der Waals surface area contributed by atoms with E-state index >= 15 is 0 Å². The zero-order chi connectivity index (χ0) is 13.1. The molecule has 1 aromatic rings. The van der Waals surface area contributed by atoms with E-state index in [2.05, 4.69) is 31.7 Å². The van der Waals surface area contributed by atoms with E-state index in [0.29, 0.717) is 5.69 Å². The second kappa shape index (κ2) is 5.31. The van der Waals surface area contributed by atoms with Crippen LogP contribution in [0, 0.1) is 0 Å². The van der Waals surface area contributed by atoms with E-state index in [4.69, 9.17) is 0 Å². The number of aromatic nitrogens is 2. The minimum atomic E-state index is -0.643. The summed E-state index contributed by atoms with van der Waals surface area (Å²) >= 11 is 3.26. The van der Waals surface area contributed by atoms with Crippen molar-refractivity contribution in [3.8, 4) is 0 Å². The van der Waals surface area contributed by atoms with Crippen LogP contribution >= 0.6 is 15.9 Å². The van der Waals surface area contributed by atoms with Gasteiger partial charge in [-0.05, 0) is 13.8 Å². The number of rotatable bonds is 4. The average molecular weight is 303 g/mol. The summed E-state index contributed by atoms with van der Waals surface area (Å²) < 4.78 is 0.811. The zero-order valence-corrected chi connectivity index (χ0v) is 11.5. The SMILES string of the molecule is CNC(=O)Cn1cc(NC(=O)C(C)(C)Br)cn1. The van der Waals surface area contributed by atoms with Gasteiger partial charge in [-0.3, -0.25) is 14.3 Å². The first kappa shape index (κ1) is 13.7. The van der Waals surface area contributed by atoms with E-state index < -0.39 is 4.32 Å². The molecule has 1 heterocycles. The van der Waals surface area contributed by atoms with E-state index in [9.17, 15) is 9.59 Å². The van der Waals surface area contributed by atoms with Gasteiger partial charge in [0.2, 0.25) is 11.8 Å². The van der Waals surface area contributed by atoms with Crippen LogP contribution < -0.4 is 10.6 Å². The lowest BCUT2D eigenvalue weighted by Gasteiger charge is -2.14. The van der Waals surface area contributed by atoms with Crippen LogP contribution in [0.4, 0.5) is 5.69 Å². The Morgan fingerprint density at radius 1 is 1.53 bits per heavy atom. The number of nitrogens with one attached hydrogen (secondary N) is 2. The van der Waals surface area contributed by atoms with Crippen molar-refractivity contribution in [3.05, 3.63) is 12.4 Å². The molecule has 1 rings (SSSR count). The first-order valence-corrected chi connectivity index (χ1v) is 5.85. The summed E-state index contributed by atoms with van der Waals surface area (Å²) in [7, 11) is 1.56. The van der Waals surface area contributed by atoms with Gasteiger partial charge in [0.25, 0.3) is 0 Å². The fourth-order valence-corrected chi connectivity index (χ4v) is 1.12. The highest BCUT2D eigenvalue weighted by Crippen LogP contribution is 2.18. The minimum absolute atomic E-state index is 0.129. The Hall–Kier alpha value is -1.37. The maximum absolute atomic E-state index is 11.6. The van der Waals surface area contributed by atoms with Crippen molar-refractivity contribution in [2.24, 2.45) is 0 Å². The fourth-order valence-electron chi connectivity index (χ4n) is 1.02. The van der Waals surface area contributed by atoms with Crippen LogP contribution in [0.1, 0.15) is 13.8 Å². The summed E-state index contributed by atoms with van der Waals surface area (Å²) in [4.78, 5) is 22.8. The number of amides is 2. The molecule has 1 aromatic heterocycles. The molecule has 0 radical (unpaired) electrons. The highest BCUT2D eigenvalue weighted by molar-refractivity contribution is 9.10. The van der Waals surface area contributed by atoms with E-state index in [0.717, 1.165) is 0 Å². The molecular weight excluding hydrogens is 288 g/mol. The van der Waals surface area contributed by atoms with Gasteiger partial charge in [-0.1, -0.05) is 15.9 Å². The molecular formula is C10H15BrN4O2. The molecule has 0 aliphatic heterocycles. The summed E-state index contributed by atoms with van der Waals surface area (Å²) in [6, 6.07) is 0. The fraction of sp³-hybridized carbons (Fsp3) is 0.500. The summed E-state index contributed by atoms with van der Waals surface area (Å²) in [6.45, 7) is 3.62. The molecule has 7 heteroatoms. The maximum atomic E-state index is 11.6. The number of likely N-dealkylation sites (N-methyl/N-ethyl adjacent to an activating group) is 1. The molecule has 2 amide bonds. The van der Waals surface area contributed by atoms with Crippen LogP contribution in [0.25, 0.3) is 0 Å². The number of carbonyl (C=O) groups is 2. The van der Waals surface area contributed by atoms with Crippen LogP contribution in [0.5, 0.6) is 0 Å². The van der Waals surface area contributed by atoms with Gasteiger partial charge in [-0.2, -0.15) is 5.10 Å². The molecule has 0 bridgehead atoms. The Morgan fingerprint density at radius 3 is 2.71 bits per heavy atom. The first-order valence-electron chi connectivity index (χ1n) is 5.06. The second-order valence-electron chi connectivity index (χ2n) is 4.03. The van der Waals surface area contributed by atoms with Gasteiger partial charge in [0.05, 0.1) is 16.2 Å². The van der Waals surface area contributed by atoms with Crippen LogP contribution in [0.15, 0.2) is 12.4 Å². The number of anilines is 1. The standard InChI is InChI=1S/C10H15BrN4O2/c1-10(2,11)9(17)14-7-4-13-15(5-7)6-8(16)12-3/h4-5H,6H2,1-3H3,(H,12,16)(H,14,17). The Kier molecular flexibility index (Phi) is 4.28. The molecule has 0 unspecified atom stereocenters. The average Bonchev–Trinajstić information content (AvgIpc) is 2.64. The van der Waals surface area contributed by atoms with E-state index in [1.54, 1.807) is 27.1 Å². The molecule has 0 aromatic carbocycles. The quantitative estimate of drug-likeness (QED) is 0.806. The van der Waals surface area contributed by atoms with Crippen LogP contribution in [0.3, 0.4) is 0 Å². The summed E-state index contributed by atoms with van der Waals surface area (Å²) in [6.07, 6.45) is 3.10. The van der Waals surface area contributed by atoms with Crippen molar-refractivity contribution in [2.45, 2.75) is 24.7 Å². The Labute approximate surface area is 108 Å². The number of alkyl halides is 1. The second-order valence-corrected chi connectivity index (χ2v) is 6.01. The normalized spacial score (nSPS) is 11.1. The van der Waals surface area contributed by atoms with Crippen LogP contribution in [-0.2, 0) is 16.1 Å². The van der Waals surface area contributed by atoms with Gasteiger partial charge in [0.15, 0.2) is 0 Å². The third-order valence-corrected chi connectivity index (χ3v) is 2.38. The Bertz CT molecular complexity index is 422. The molecule has 0 atom stereocenters. The van der Waals surface area contributed by atoms with Gasteiger partial charge in [-0.25, -0.2) is 0 Å². The van der Waals surface area contributed by atoms with Crippen molar-refractivity contribution < 1.29 is 9.59 Å². The van der Waals surface area contributed by atoms with Gasteiger partial charge in [-0.15, -0.1) is 0 Å². The minimum Gasteiger partial charge on any atom is -0.358 e. The molecule has 0 fully saturated rings. The van der Waals surface area contributed by atoms with E-state index in [1.807, 2.05) is 0 Å². The smallest absolute Gasteiger partial charge is 0.241 e. The molecule has 0 aliphatic carbocycles. The number of halogens is 1. The molecule has 0 saturated carbocycles. The van der Waals surface area contributed by atoms with Gasteiger partial charge in [0, 0.05) is 13.2 Å². The number of carbonyl (C=O) groups excluding carboxylic acids is 2. The Morgan fingerprint density at radius 2 is 2.18 bits per heavy atom. The molecule has 0 aliphatic rings. The van der Waals surface area contributed by atoms with Gasteiger partial charge in [0.1, 0.15) is 6.54 Å². The Balaban J connectivity index is 2.63. The van der Waals surface area contributed by atoms with Crippen molar-refractivity contribution >= 4 is 33.4 Å². The van der Waals surface area contributed by atoms with E-state index in [1.165, 1.54) is 10.9 Å². The number of nitrogens with zero attached hydrogens (tertiary/aromatic N) is 2. The third-order valence-electron chi connectivity index (χ3n) is 2.02. The molecule has 2 N–H and O–H groups in total. The third kappa shape index (κ3) is 4.18. The van der Waals surface area contributed by atoms with Crippen molar-refractivity contribution in [3.63, 3.8) is 0 Å². The molecule has 0 saturated heterocycles. The lowest BCUT2D eigenvalue weighted by Crippen LogP contribution is -2.30. The molecule has 0 spiro atoms. The van der Waals surface area contributed by atoms with Gasteiger partial charge >= 0.3 is 0 Å². The van der Waals surface area contributed by atoms with E-state index in [-0.39, 0.29) is 18.4 Å². The molecule has 17 heavy (non-hydrogen) atoms. The van der Waals surface area contributed by atoms with Crippen molar-refractivity contribution in [2.75, 3.05) is 12.4 Å². The number of hydrogen-bond donors (Lipinski definition) is 2. The first-order chi connectivity index (χ1) is 7.82. The lowest BCUT2D eigenvalue weighted by atomic mass is 10.2. The van der Waals surface area contributed by atoms with Crippen molar-refractivity contribution in [1.82, 2.24) is 15.1 Å². The number of hydrogen-bond acceptors (Lipinski definition) is 3. The van der Waals surface area contributed by atoms with Crippen LogP contribution in [0.2, 0.25) is 0 Å². The van der Waals surface area contributed by atoms with Crippen molar-refractivity contribution in [1.29, 1.82) is 0 Å². The highest BCUT2D eigenvalue weighted by Gasteiger charge is 2.23. The maximum Gasteiger partial charge on any atom is 0.241 e. The summed E-state index contributed by atoms with van der Waals surface area (Å²) in [5, 5.41) is 9.15. The summed E-state index contributed by atoms with van der Waals surface area (Å²) in [5.74, 6) is -0.316. The molecule has 94 valence electrons. The van der Waals surface area contributed by atoms with Gasteiger partial charge < -0.3 is 10.6 Å². The molecule has 6 nitrogen and oxygen atoms in total. The lowest BCUT2D eigenvalue weighted by molar-refractivity contribution is -0.121. The summed E-state index contributed by atoms with van der Waals surface area (Å²) in [5.41, 5.74) is 0.562. The van der Waals surface area contributed by atoms with Crippen LogP contribution in [-0.4, -0.2) is 33.0 Å². The highest BCUT2D eigenvalue weighted by atomic mass is 79.9. The topological polar surface area (TPSA) is 76.0 Å². The predicted octanol–water partition coefficient (Wildman–Crippen LogP) is 0.741. The monoisotopic (exact) mass is 302 g/mol.